The maximum atomic E-state index is 11.8. The van der Waals surface area contributed by atoms with Crippen LogP contribution in [0.3, 0.4) is 0 Å². The average Bonchev–Trinajstić information content (AvgIpc) is 2.58. The molecule has 0 heterocycles. The van der Waals surface area contributed by atoms with Gasteiger partial charge in [-0.25, -0.2) is 16.8 Å². The van der Waals surface area contributed by atoms with E-state index in [0.717, 1.165) is 24.3 Å². The number of nitro benzene ring substituents is 2. The zero-order valence-corrected chi connectivity index (χ0v) is 18.6. The highest BCUT2D eigenvalue weighted by atomic mass is 127. The van der Waals surface area contributed by atoms with Gasteiger partial charge in [-0.1, -0.05) is 12.2 Å². The zero-order chi connectivity index (χ0) is 22.0. The van der Waals surface area contributed by atoms with Gasteiger partial charge in [-0.05, 0) is 28.8 Å². The number of non-ortho nitro benzene ring substituents is 2. The third-order valence-corrected chi connectivity index (χ3v) is 6.55. The van der Waals surface area contributed by atoms with Crippen LogP contribution in [0.4, 0.5) is 11.4 Å². The van der Waals surface area contributed by atoms with Crippen molar-refractivity contribution < 1.29 is 26.7 Å². The van der Waals surface area contributed by atoms with Crippen LogP contribution < -0.4 is 0 Å². The third kappa shape index (κ3) is 6.45. The summed E-state index contributed by atoms with van der Waals surface area (Å²) in [5.74, 6) is -0.490. The van der Waals surface area contributed by atoms with Crippen molar-refractivity contribution in [3.05, 3.63) is 73.3 Å². The Morgan fingerprint density at radius 3 is 1.86 bits per heavy atom. The van der Waals surface area contributed by atoms with Crippen LogP contribution in [-0.4, -0.2) is 26.7 Å². The van der Waals surface area contributed by atoms with Crippen LogP contribution in [0, 0.1) is 20.2 Å². The molecule has 0 atom stereocenters. The lowest BCUT2D eigenvalue weighted by atomic mass is 10.1. The van der Waals surface area contributed by atoms with E-state index in [2.05, 4.69) is 0 Å². The first kappa shape index (κ1) is 23.2. The lowest BCUT2D eigenvalue weighted by Gasteiger charge is -2.06. The molecule has 0 fully saturated rings. The van der Waals surface area contributed by atoms with Gasteiger partial charge in [0.1, 0.15) is 0 Å². The topological polar surface area (TPSA) is 155 Å². The Balaban J connectivity index is 2.59. The van der Waals surface area contributed by atoms with Crippen molar-refractivity contribution in [2.75, 3.05) is 0 Å². The number of benzene rings is 2. The Kier molecular flexibility index (Phi) is 6.97. The largest absolute Gasteiger partial charge is 0.270 e. The number of rotatable bonds is 7. The van der Waals surface area contributed by atoms with E-state index in [0.29, 0.717) is 0 Å². The van der Waals surface area contributed by atoms with Crippen molar-refractivity contribution in [3.8, 4) is 0 Å². The van der Waals surface area contributed by atoms with Gasteiger partial charge >= 0.3 is 0 Å². The molecule has 0 N–H and O–H groups in total. The van der Waals surface area contributed by atoms with Crippen molar-refractivity contribution in [2.24, 2.45) is 0 Å². The van der Waals surface area contributed by atoms with Gasteiger partial charge in [-0.15, -0.1) is 0 Å². The number of nitrogens with zero attached hydrogens (tertiary/aromatic N) is 2. The second-order valence-corrected chi connectivity index (χ2v) is 13.5. The molecule has 0 saturated carbocycles. The SMILES string of the molecule is O=[N+]([O-])c1ccc(C=Cc2ccc([N+](=O)[O-])cc2S(=O)(=O)Cl)c(CS(=O)(=O)I)c1. The molecular weight excluding hydrogens is 563 g/mol. The molecule has 2 aromatic carbocycles. The van der Waals surface area contributed by atoms with Gasteiger partial charge in [-0.3, -0.25) is 20.2 Å². The van der Waals surface area contributed by atoms with E-state index in [1.165, 1.54) is 45.5 Å². The monoisotopic (exact) mass is 572 g/mol. The van der Waals surface area contributed by atoms with Gasteiger partial charge < -0.3 is 0 Å². The molecule has 0 aliphatic carbocycles. The Morgan fingerprint density at radius 2 is 1.38 bits per heavy atom. The van der Waals surface area contributed by atoms with E-state index in [1.807, 2.05) is 0 Å². The number of halogens is 2. The lowest BCUT2D eigenvalue weighted by molar-refractivity contribution is -0.385. The smallest absolute Gasteiger partial charge is 0.258 e. The van der Waals surface area contributed by atoms with E-state index in [-0.39, 0.29) is 22.4 Å². The molecule has 0 spiro atoms. The molecule has 0 aliphatic heterocycles. The summed E-state index contributed by atoms with van der Waals surface area (Å²) in [6.07, 6.45) is 2.61. The van der Waals surface area contributed by atoms with Crippen LogP contribution in [0.2, 0.25) is 0 Å². The van der Waals surface area contributed by atoms with Gasteiger partial charge in [0, 0.05) is 34.9 Å². The van der Waals surface area contributed by atoms with Crippen LogP contribution in [0.25, 0.3) is 12.2 Å². The summed E-state index contributed by atoms with van der Waals surface area (Å²) in [7, 11) is -2.51. The Bertz CT molecular complexity index is 1240. The number of nitro groups is 2. The molecule has 29 heavy (non-hydrogen) atoms. The normalized spacial score (nSPS) is 12.2. The fourth-order valence-corrected chi connectivity index (χ4v) is 5.05. The van der Waals surface area contributed by atoms with Crippen LogP contribution in [0.1, 0.15) is 16.7 Å². The average molecular weight is 573 g/mol. The highest BCUT2D eigenvalue weighted by Gasteiger charge is 2.19. The summed E-state index contributed by atoms with van der Waals surface area (Å²) in [5.41, 5.74) is -0.355. The molecule has 0 aliphatic rings. The Labute approximate surface area is 181 Å². The lowest BCUT2D eigenvalue weighted by Crippen LogP contribution is -1.99. The Hall–Kier alpha value is -2.10. The molecule has 10 nitrogen and oxygen atoms in total. The van der Waals surface area contributed by atoms with Crippen LogP contribution >= 0.6 is 31.9 Å². The summed E-state index contributed by atoms with van der Waals surface area (Å²) < 4.78 is 46.8. The first-order chi connectivity index (χ1) is 13.3. The van der Waals surface area contributed by atoms with Crippen molar-refractivity contribution >= 4 is 71.5 Å². The predicted molar refractivity (Wildman–Crippen MR) is 115 cm³/mol. The van der Waals surface area contributed by atoms with Gasteiger partial charge in [0.05, 0.1) is 41.7 Å². The van der Waals surface area contributed by atoms with Crippen molar-refractivity contribution in [2.45, 2.75) is 10.6 Å². The summed E-state index contributed by atoms with van der Waals surface area (Å²) in [6.45, 7) is 0. The molecule has 0 bridgehead atoms. The van der Waals surface area contributed by atoms with Crippen LogP contribution in [0.5, 0.6) is 0 Å². The number of hydrogen-bond donors (Lipinski definition) is 0. The maximum absolute atomic E-state index is 11.8. The molecule has 0 saturated heterocycles. The molecule has 14 heteroatoms. The molecule has 2 rings (SSSR count). The minimum Gasteiger partial charge on any atom is -0.258 e. The van der Waals surface area contributed by atoms with Gasteiger partial charge in [0.25, 0.3) is 20.4 Å². The highest BCUT2D eigenvalue weighted by molar-refractivity contribution is 14.2. The molecule has 154 valence electrons. The standard InChI is InChI=1S/C15H10ClIN2O8S2/c16-29(26,27)15-8-14(19(22)23)6-4-11(15)2-1-10-3-5-13(18(20)21)7-12(10)9-28(17,24)25/h1-8H,9H2. The third-order valence-electron chi connectivity index (χ3n) is 3.58. The second-order valence-electron chi connectivity index (χ2n) is 5.57. The number of hydrogen-bond acceptors (Lipinski definition) is 8. The fraction of sp³-hybridized carbons (Fsp3) is 0.0667. The molecule has 0 unspecified atom stereocenters. The van der Waals surface area contributed by atoms with E-state index in [1.54, 1.807) is 0 Å². The molecule has 0 aromatic heterocycles. The van der Waals surface area contributed by atoms with Crippen LogP contribution in [0.15, 0.2) is 41.3 Å². The zero-order valence-electron chi connectivity index (χ0n) is 14.1. The Morgan fingerprint density at radius 1 is 0.897 bits per heavy atom. The molecular formula is C15H10ClIN2O8S2. The summed E-state index contributed by atoms with van der Waals surface area (Å²) >= 11 is 1.21. The van der Waals surface area contributed by atoms with E-state index < -0.39 is 42.2 Å². The highest BCUT2D eigenvalue weighted by Crippen LogP contribution is 2.28. The summed E-state index contributed by atoms with van der Waals surface area (Å²) in [4.78, 5) is 19.9. The second kappa shape index (κ2) is 8.73. The van der Waals surface area contributed by atoms with Gasteiger partial charge in [0.2, 0.25) is 7.01 Å². The van der Waals surface area contributed by atoms with Crippen LogP contribution in [-0.2, 0) is 21.8 Å². The summed E-state index contributed by atoms with van der Waals surface area (Å²) in [5, 5.41) is 21.8. The molecule has 0 amide bonds. The van der Waals surface area contributed by atoms with E-state index in [9.17, 15) is 37.1 Å². The van der Waals surface area contributed by atoms with Gasteiger partial charge in [0.15, 0.2) is 0 Å². The van der Waals surface area contributed by atoms with Crippen molar-refractivity contribution in [1.29, 1.82) is 0 Å². The first-order valence-corrected chi connectivity index (χ1v) is 13.9. The van der Waals surface area contributed by atoms with E-state index in [4.69, 9.17) is 10.7 Å². The minimum atomic E-state index is -4.32. The van der Waals surface area contributed by atoms with Gasteiger partial charge in [-0.2, -0.15) is 0 Å². The predicted octanol–water partition coefficient (Wildman–Crippen LogP) is 3.87. The first-order valence-electron chi connectivity index (χ1n) is 7.39. The van der Waals surface area contributed by atoms with E-state index >= 15 is 0 Å². The quantitative estimate of drug-likeness (QED) is 0.159. The van der Waals surface area contributed by atoms with Crippen molar-refractivity contribution in [1.82, 2.24) is 0 Å². The molecule has 0 radical (unpaired) electrons. The maximum Gasteiger partial charge on any atom is 0.270 e. The molecule has 2 aromatic rings. The minimum absolute atomic E-state index is 0.0206. The summed E-state index contributed by atoms with van der Waals surface area (Å²) in [6, 6.07) is 6.63. The fourth-order valence-electron chi connectivity index (χ4n) is 2.34. The van der Waals surface area contributed by atoms with Crippen molar-refractivity contribution in [3.63, 3.8) is 0 Å².